The Balaban J connectivity index is 2.73. The monoisotopic (exact) mass is 215 g/mol. The zero-order valence-electron chi connectivity index (χ0n) is 9.52. The Morgan fingerprint density at radius 3 is 2.67 bits per heavy atom. The number of carboxylic acid groups (broad SMARTS) is 1. The number of carboxylic acids is 1. The smallest absolute Gasteiger partial charge is 0.320 e. The average Bonchev–Trinajstić information content (AvgIpc) is 2.18. The molecule has 1 aliphatic rings. The average molecular weight is 215 g/mol. The Labute approximate surface area is 90.9 Å². The van der Waals surface area contributed by atoms with Crippen LogP contribution < -0.4 is 0 Å². The number of likely N-dealkylation sites (tertiary alicyclic amines) is 1. The molecule has 1 rings (SSSR count). The molecule has 0 aromatic carbocycles. The number of hydrogen-bond acceptors (Lipinski definition) is 3. The third kappa shape index (κ3) is 2.92. The summed E-state index contributed by atoms with van der Waals surface area (Å²) in [5, 5.41) is 18.7. The van der Waals surface area contributed by atoms with Crippen LogP contribution in [0.1, 0.15) is 39.5 Å². The van der Waals surface area contributed by atoms with Crippen molar-refractivity contribution in [3.05, 3.63) is 0 Å². The molecule has 0 saturated carbocycles. The van der Waals surface area contributed by atoms with Crippen LogP contribution in [0, 0.1) is 0 Å². The molecular formula is C11H21NO3. The van der Waals surface area contributed by atoms with E-state index in [-0.39, 0.29) is 6.04 Å². The Hall–Kier alpha value is -0.610. The van der Waals surface area contributed by atoms with E-state index in [1.165, 1.54) is 0 Å². The third-order valence-corrected chi connectivity index (χ3v) is 3.22. The Kier molecular flexibility index (Phi) is 4.54. The Morgan fingerprint density at radius 1 is 1.53 bits per heavy atom. The summed E-state index contributed by atoms with van der Waals surface area (Å²) in [5.41, 5.74) is 0. The number of nitrogens with zero attached hydrogens (tertiary/aromatic N) is 1. The van der Waals surface area contributed by atoms with E-state index in [2.05, 4.69) is 0 Å². The molecule has 0 aromatic rings. The van der Waals surface area contributed by atoms with Gasteiger partial charge in [0.2, 0.25) is 0 Å². The van der Waals surface area contributed by atoms with Crippen molar-refractivity contribution in [3.63, 3.8) is 0 Å². The highest BCUT2D eigenvalue weighted by Gasteiger charge is 2.34. The lowest BCUT2D eigenvalue weighted by Gasteiger charge is -2.40. The summed E-state index contributed by atoms with van der Waals surface area (Å²) >= 11 is 0. The number of rotatable bonds is 4. The van der Waals surface area contributed by atoms with Gasteiger partial charge in [0, 0.05) is 6.04 Å². The molecule has 2 N–H and O–H groups in total. The molecule has 15 heavy (non-hydrogen) atoms. The molecule has 1 saturated heterocycles. The van der Waals surface area contributed by atoms with Crippen LogP contribution >= 0.6 is 0 Å². The van der Waals surface area contributed by atoms with Crippen molar-refractivity contribution in [3.8, 4) is 0 Å². The maximum Gasteiger partial charge on any atom is 0.320 e. The molecule has 0 radical (unpaired) electrons. The molecular weight excluding hydrogens is 194 g/mol. The van der Waals surface area contributed by atoms with E-state index in [0.717, 1.165) is 25.8 Å². The van der Waals surface area contributed by atoms with Crippen molar-refractivity contribution in [1.82, 2.24) is 4.90 Å². The minimum atomic E-state index is -0.773. The summed E-state index contributed by atoms with van der Waals surface area (Å²) in [6.45, 7) is 4.42. The van der Waals surface area contributed by atoms with Crippen LogP contribution in [0.15, 0.2) is 0 Å². The zero-order chi connectivity index (χ0) is 11.4. The lowest BCUT2D eigenvalue weighted by molar-refractivity contribution is -0.146. The van der Waals surface area contributed by atoms with Gasteiger partial charge in [0.05, 0.1) is 6.10 Å². The van der Waals surface area contributed by atoms with Crippen molar-refractivity contribution in [2.75, 3.05) is 6.54 Å². The van der Waals surface area contributed by atoms with Crippen LogP contribution in [0.4, 0.5) is 0 Å². The van der Waals surface area contributed by atoms with Gasteiger partial charge in [0.15, 0.2) is 0 Å². The van der Waals surface area contributed by atoms with Gasteiger partial charge in [-0.25, -0.2) is 0 Å². The molecule has 4 heteroatoms. The maximum atomic E-state index is 11.1. The molecule has 0 aromatic heterocycles. The number of aliphatic carboxylic acids is 1. The number of aliphatic hydroxyl groups excluding tert-OH is 1. The Morgan fingerprint density at radius 2 is 2.20 bits per heavy atom. The number of carbonyl (C=O) groups is 1. The maximum absolute atomic E-state index is 11.1. The first-order chi connectivity index (χ1) is 7.07. The Bertz CT molecular complexity index is 218. The van der Waals surface area contributed by atoms with Crippen LogP contribution in [0.3, 0.4) is 0 Å². The molecule has 0 spiro atoms. The lowest BCUT2D eigenvalue weighted by atomic mass is 9.95. The molecule has 3 atom stereocenters. The fourth-order valence-corrected chi connectivity index (χ4v) is 2.44. The summed E-state index contributed by atoms with van der Waals surface area (Å²) in [6.07, 6.45) is 3.17. The highest BCUT2D eigenvalue weighted by molar-refractivity contribution is 5.73. The molecule has 88 valence electrons. The highest BCUT2D eigenvalue weighted by atomic mass is 16.4. The SMILES string of the molecule is CC[C@H](C(=O)O)N1CCCC[C@H]1[C@H](C)O. The van der Waals surface area contributed by atoms with Gasteiger partial charge in [-0.05, 0) is 32.7 Å². The molecule has 0 aliphatic carbocycles. The summed E-state index contributed by atoms with van der Waals surface area (Å²) < 4.78 is 0. The molecule has 0 unspecified atom stereocenters. The first kappa shape index (κ1) is 12.5. The van der Waals surface area contributed by atoms with E-state index in [0.29, 0.717) is 6.42 Å². The molecule has 0 amide bonds. The van der Waals surface area contributed by atoms with Gasteiger partial charge >= 0.3 is 5.97 Å². The van der Waals surface area contributed by atoms with Crippen molar-refractivity contribution in [1.29, 1.82) is 0 Å². The molecule has 4 nitrogen and oxygen atoms in total. The predicted octanol–water partition coefficient (Wildman–Crippen LogP) is 1.08. The summed E-state index contributed by atoms with van der Waals surface area (Å²) in [6, 6.07) is -0.426. The first-order valence-electron chi connectivity index (χ1n) is 5.74. The number of aliphatic hydroxyl groups is 1. The molecule has 1 aliphatic heterocycles. The topological polar surface area (TPSA) is 60.8 Å². The lowest BCUT2D eigenvalue weighted by Crippen LogP contribution is -2.53. The van der Waals surface area contributed by atoms with Crippen molar-refractivity contribution in [2.24, 2.45) is 0 Å². The van der Waals surface area contributed by atoms with Crippen LogP contribution in [0.2, 0.25) is 0 Å². The fraction of sp³-hybridized carbons (Fsp3) is 0.909. The second-order valence-electron chi connectivity index (χ2n) is 4.30. The van der Waals surface area contributed by atoms with E-state index in [1.807, 2.05) is 11.8 Å². The molecule has 0 bridgehead atoms. The highest BCUT2D eigenvalue weighted by Crippen LogP contribution is 2.23. The van der Waals surface area contributed by atoms with Crippen molar-refractivity contribution < 1.29 is 15.0 Å². The molecule has 1 fully saturated rings. The summed E-state index contributed by atoms with van der Waals surface area (Å²) in [5.74, 6) is -0.773. The van der Waals surface area contributed by atoms with Crippen LogP contribution in [0.5, 0.6) is 0 Å². The summed E-state index contributed by atoms with van der Waals surface area (Å²) in [4.78, 5) is 13.0. The van der Waals surface area contributed by atoms with Gasteiger partial charge in [-0.1, -0.05) is 13.3 Å². The van der Waals surface area contributed by atoms with Crippen LogP contribution in [-0.2, 0) is 4.79 Å². The van der Waals surface area contributed by atoms with Gasteiger partial charge in [0.1, 0.15) is 6.04 Å². The van der Waals surface area contributed by atoms with E-state index in [9.17, 15) is 9.90 Å². The summed E-state index contributed by atoms with van der Waals surface area (Å²) in [7, 11) is 0. The normalized spacial score (nSPS) is 27.3. The second kappa shape index (κ2) is 5.47. The van der Waals surface area contributed by atoms with Gasteiger partial charge in [-0.2, -0.15) is 0 Å². The van der Waals surface area contributed by atoms with Crippen molar-refractivity contribution in [2.45, 2.75) is 57.7 Å². The van der Waals surface area contributed by atoms with Crippen LogP contribution in [0.25, 0.3) is 0 Å². The van der Waals surface area contributed by atoms with Gasteiger partial charge < -0.3 is 10.2 Å². The van der Waals surface area contributed by atoms with E-state index in [4.69, 9.17) is 5.11 Å². The van der Waals surface area contributed by atoms with E-state index >= 15 is 0 Å². The second-order valence-corrected chi connectivity index (χ2v) is 4.30. The van der Waals surface area contributed by atoms with Crippen LogP contribution in [-0.4, -0.2) is 45.8 Å². The first-order valence-corrected chi connectivity index (χ1v) is 5.74. The van der Waals surface area contributed by atoms with Gasteiger partial charge in [-0.3, -0.25) is 9.69 Å². The fourth-order valence-electron chi connectivity index (χ4n) is 2.44. The molecule has 1 heterocycles. The minimum absolute atomic E-state index is 0.0137. The quantitative estimate of drug-likeness (QED) is 0.737. The largest absolute Gasteiger partial charge is 0.480 e. The standard InChI is InChI=1S/C11H21NO3/c1-3-9(11(14)15)12-7-5-4-6-10(12)8(2)13/h8-10,13H,3-7H2,1-2H3,(H,14,15)/t8-,9+,10-/m0/s1. The van der Waals surface area contributed by atoms with Gasteiger partial charge in [-0.15, -0.1) is 0 Å². The van der Waals surface area contributed by atoms with Crippen molar-refractivity contribution >= 4 is 5.97 Å². The predicted molar refractivity (Wildman–Crippen MR) is 57.7 cm³/mol. The van der Waals surface area contributed by atoms with E-state index in [1.54, 1.807) is 6.92 Å². The zero-order valence-corrected chi connectivity index (χ0v) is 9.52. The van der Waals surface area contributed by atoms with E-state index < -0.39 is 18.1 Å². The van der Waals surface area contributed by atoms with Gasteiger partial charge in [0.25, 0.3) is 0 Å². The third-order valence-electron chi connectivity index (χ3n) is 3.22. The number of hydrogen-bond donors (Lipinski definition) is 2. The minimum Gasteiger partial charge on any atom is -0.480 e. The number of piperidine rings is 1.